The Morgan fingerprint density at radius 1 is 1.26 bits per heavy atom. The summed E-state index contributed by atoms with van der Waals surface area (Å²) in [6.45, 7) is 2.08. The van der Waals surface area contributed by atoms with Gasteiger partial charge in [-0.2, -0.15) is 0 Å². The van der Waals surface area contributed by atoms with Crippen molar-refractivity contribution in [2.24, 2.45) is 11.7 Å². The summed E-state index contributed by atoms with van der Waals surface area (Å²) in [7, 11) is 0. The molecule has 0 radical (unpaired) electrons. The first-order valence-electron chi connectivity index (χ1n) is 7.91. The predicted octanol–water partition coefficient (Wildman–Crippen LogP) is 1.92. The molecule has 1 aliphatic carbocycles. The van der Waals surface area contributed by atoms with Crippen molar-refractivity contribution in [2.45, 2.75) is 44.7 Å². The van der Waals surface area contributed by atoms with E-state index in [1.807, 2.05) is 30.3 Å². The van der Waals surface area contributed by atoms with Crippen LogP contribution in [0.1, 0.15) is 44.2 Å². The lowest BCUT2D eigenvalue weighted by Crippen LogP contribution is -2.41. The van der Waals surface area contributed by atoms with Gasteiger partial charge in [0, 0.05) is 13.0 Å². The fraction of sp³-hybridized carbons (Fsp3) is 0.529. The predicted molar refractivity (Wildman–Crippen MR) is 93.2 cm³/mol. The topological polar surface area (TPSA) is 84.2 Å². The van der Waals surface area contributed by atoms with Crippen molar-refractivity contribution in [1.29, 1.82) is 0 Å². The van der Waals surface area contributed by atoms with Crippen LogP contribution in [0.25, 0.3) is 0 Å². The van der Waals surface area contributed by atoms with Crippen molar-refractivity contribution < 1.29 is 9.59 Å². The molecule has 1 aromatic rings. The van der Waals surface area contributed by atoms with E-state index in [2.05, 4.69) is 10.6 Å². The van der Waals surface area contributed by atoms with Crippen LogP contribution >= 0.6 is 12.4 Å². The maximum absolute atomic E-state index is 12.3. The van der Waals surface area contributed by atoms with Crippen LogP contribution in [-0.4, -0.2) is 24.4 Å². The second-order valence-corrected chi connectivity index (χ2v) is 5.97. The van der Waals surface area contributed by atoms with Crippen LogP contribution in [0, 0.1) is 5.92 Å². The van der Waals surface area contributed by atoms with E-state index in [-0.39, 0.29) is 42.7 Å². The second-order valence-electron chi connectivity index (χ2n) is 5.97. The van der Waals surface area contributed by atoms with E-state index in [1.165, 1.54) is 6.92 Å². The monoisotopic (exact) mass is 339 g/mol. The highest BCUT2D eigenvalue weighted by molar-refractivity contribution is 5.85. The van der Waals surface area contributed by atoms with Crippen molar-refractivity contribution in [1.82, 2.24) is 10.6 Å². The van der Waals surface area contributed by atoms with Crippen molar-refractivity contribution in [3.8, 4) is 0 Å². The Morgan fingerprint density at radius 2 is 1.96 bits per heavy atom. The van der Waals surface area contributed by atoms with Gasteiger partial charge in [-0.25, -0.2) is 0 Å². The quantitative estimate of drug-likeness (QED) is 0.740. The Labute approximate surface area is 143 Å². The average Bonchev–Trinajstić information content (AvgIpc) is 2.94. The van der Waals surface area contributed by atoms with Crippen LogP contribution < -0.4 is 16.4 Å². The molecule has 2 rings (SSSR count). The minimum absolute atomic E-state index is 0. The molecule has 2 amide bonds. The van der Waals surface area contributed by atoms with E-state index in [9.17, 15) is 9.59 Å². The lowest BCUT2D eigenvalue weighted by Gasteiger charge is -2.22. The van der Waals surface area contributed by atoms with Gasteiger partial charge in [-0.15, -0.1) is 12.4 Å². The van der Waals surface area contributed by atoms with Gasteiger partial charge in [0.25, 0.3) is 0 Å². The number of hydrogen-bond acceptors (Lipinski definition) is 3. The minimum atomic E-state index is -0.295. The van der Waals surface area contributed by atoms with Crippen LogP contribution in [0.4, 0.5) is 0 Å². The highest BCUT2D eigenvalue weighted by atomic mass is 35.5. The Bertz CT molecular complexity index is 510. The van der Waals surface area contributed by atoms with Crippen molar-refractivity contribution in [2.75, 3.05) is 6.54 Å². The molecule has 0 spiro atoms. The Kier molecular flexibility index (Phi) is 8.06. The maximum Gasteiger partial charge on any atom is 0.222 e. The molecule has 6 heteroatoms. The van der Waals surface area contributed by atoms with Gasteiger partial charge in [0.2, 0.25) is 11.8 Å². The number of nitrogens with one attached hydrogen (secondary N) is 2. The molecule has 1 saturated carbocycles. The third-order valence-electron chi connectivity index (χ3n) is 4.28. The standard InChI is InChI=1S/C17H25N3O2.ClH/c1-12(21)19-16(13-6-3-2-4-7-13)10-17(22)20-15-9-5-8-14(15)11-18;/h2-4,6-7,14-16H,5,8-11,18H2,1H3,(H,19,21)(H,20,22);1H. The molecule has 0 bridgehead atoms. The maximum atomic E-state index is 12.3. The summed E-state index contributed by atoms with van der Waals surface area (Å²) in [5, 5.41) is 5.94. The van der Waals surface area contributed by atoms with Crippen molar-refractivity contribution >= 4 is 24.2 Å². The first kappa shape index (κ1) is 19.5. The second kappa shape index (κ2) is 9.53. The van der Waals surface area contributed by atoms with Gasteiger partial charge in [-0.05, 0) is 30.9 Å². The van der Waals surface area contributed by atoms with Gasteiger partial charge in [0.1, 0.15) is 0 Å². The molecule has 3 atom stereocenters. The molecular weight excluding hydrogens is 314 g/mol. The third kappa shape index (κ3) is 5.84. The van der Waals surface area contributed by atoms with Crippen molar-refractivity contribution in [3.63, 3.8) is 0 Å². The van der Waals surface area contributed by atoms with Gasteiger partial charge < -0.3 is 16.4 Å². The summed E-state index contributed by atoms with van der Waals surface area (Å²) in [5.74, 6) is 0.204. The Balaban J connectivity index is 0.00000264. The van der Waals surface area contributed by atoms with E-state index in [0.717, 1.165) is 24.8 Å². The summed E-state index contributed by atoms with van der Waals surface area (Å²) in [6, 6.07) is 9.45. The molecule has 1 aromatic carbocycles. The first-order valence-corrected chi connectivity index (χ1v) is 7.91. The lowest BCUT2D eigenvalue weighted by molar-refractivity contribution is -0.123. The lowest BCUT2D eigenvalue weighted by atomic mass is 10.0. The molecule has 0 saturated heterocycles. The zero-order valence-corrected chi connectivity index (χ0v) is 14.3. The van der Waals surface area contributed by atoms with Crippen LogP contribution in [0.15, 0.2) is 30.3 Å². The van der Waals surface area contributed by atoms with Gasteiger partial charge >= 0.3 is 0 Å². The molecule has 0 aliphatic heterocycles. The average molecular weight is 340 g/mol. The van der Waals surface area contributed by atoms with Gasteiger partial charge in [-0.3, -0.25) is 9.59 Å². The van der Waals surface area contributed by atoms with E-state index in [4.69, 9.17) is 5.73 Å². The summed E-state index contributed by atoms with van der Waals surface area (Å²) >= 11 is 0. The normalized spacial score (nSPS) is 21.1. The Morgan fingerprint density at radius 3 is 2.57 bits per heavy atom. The first-order chi connectivity index (χ1) is 10.6. The largest absolute Gasteiger partial charge is 0.353 e. The van der Waals surface area contributed by atoms with E-state index in [1.54, 1.807) is 0 Å². The Hall–Kier alpha value is -1.59. The van der Waals surface area contributed by atoms with E-state index in [0.29, 0.717) is 12.5 Å². The number of amides is 2. The van der Waals surface area contributed by atoms with Crippen LogP contribution in [0.5, 0.6) is 0 Å². The number of carbonyl (C=O) groups is 2. The summed E-state index contributed by atoms with van der Waals surface area (Å²) in [5.41, 5.74) is 6.69. The van der Waals surface area contributed by atoms with Crippen LogP contribution in [0.2, 0.25) is 0 Å². The molecule has 3 unspecified atom stereocenters. The summed E-state index contributed by atoms with van der Waals surface area (Å²) < 4.78 is 0. The molecule has 0 aromatic heterocycles. The fourth-order valence-electron chi connectivity index (χ4n) is 3.14. The molecule has 1 aliphatic rings. The third-order valence-corrected chi connectivity index (χ3v) is 4.28. The SMILES string of the molecule is CC(=O)NC(CC(=O)NC1CCCC1CN)c1ccccc1.Cl. The zero-order chi connectivity index (χ0) is 15.9. The highest BCUT2D eigenvalue weighted by Crippen LogP contribution is 2.25. The van der Waals surface area contributed by atoms with Gasteiger partial charge in [-0.1, -0.05) is 36.8 Å². The van der Waals surface area contributed by atoms with Crippen LogP contribution in [0.3, 0.4) is 0 Å². The smallest absolute Gasteiger partial charge is 0.222 e. The molecular formula is C17H26ClN3O2. The molecule has 0 heterocycles. The highest BCUT2D eigenvalue weighted by Gasteiger charge is 2.28. The molecule has 23 heavy (non-hydrogen) atoms. The van der Waals surface area contributed by atoms with Crippen LogP contribution in [-0.2, 0) is 9.59 Å². The minimum Gasteiger partial charge on any atom is -0.353 e. The fourth-order valence-corrected chi connectivity index (χ4v) is 3.14. The van der Waals surface area contributed by atoms with Crippen molar-refractivity contribution in [3.05, 3.63) is 35.9 Å². The summed E-state index contributed by atoms with van der Waals surface area (Å²) in [4.78, 5) is 23.7. The van der Waals surface area contributed by atoms with E-state index < -0.39 is 0 Å². The molecule has 5 nitrogen and oxygen atoms in total. The number of benzene rings is 1. The van der Waals surface area contributed by atoms with E-state index >= 15 is 0 Å². The number of nitrogens with two attached hydrogens (primary N) is 1. The molecule has 128 valence electrons. The summed E-state index contributed by atoms with van der Waals surface area (Å²) in [6.07, 6.45) is 3.43. The molecule has 4 N–H and O–H groups in total. The number of hydrogen-bond donors (Lipinski definition) is 3. The number of carbonyl (C=O) groups excluding carboxylic acids is 2. The van der Waals surface area contributed by atoms with Gasteiger partial charge in [0.15, 0.2) is 0 Å². The van der Waals surface area contributed by atoms with Gasteiger partial charge in [0.05, 0.1) is 12.5 Å². The molecule has 1 fully saturated rings. The number of halogens is 1. The zero-order valence-electron chi connectivity index (χ0n) is 13.5. The number of rotatable bonds is 6.